The number of hydrogen-bond acceptors (Lipinski definition) is 3. The molecule has 186 valence electrons. The first kappa shape index (κ1) is 24.9. The molecule has 0 heterocycles. The van der Waals surface area contributed by atoms with Crippen LogP contribution in [0.4, 0.5) is 39.5 Å². The Hall–Kier alpha value is -3.22. The monoisotopic (exact) mass is 526 g/mol. The van der Waals surface area contributed by atoms with Crippen molar-refractivity contribution in [2.75, 3.05) is 0 Å². The highest BCUT2D eigenvalue weighted by molar-refractivity contribution is 7.88. The second-order valence-corrected chi connectivity index (χ2v) is 9.06. The van der Waals surface area contributed by atoms with Crippen molar-refractivity contribution in [3.63, 3.8) is 0 Å². The second-order valence-electron chi connectivity index (χ2n) is 7.47. The maximum absolute atomic E-state index is 14.2. The molecular formula is C22H11F9O3S. The van der Waals surface area contributed by atoms with E-state index in [0.29, 0.717) is 16.2 Å². The highest BCUT2D eigenvalue weighted by Crippen LogP contribution is 2.55. The van der Waals surface area contributed by atoms with E-state index < -0.39 is 39.1 Å². The minimum Gasteiger partial charge on any atom is -0.377 e. The second kappa shape index (κ2) is 7.64. The molecule has 4 aromatic carbocycles. The molecular weight excluding hydrogens is 515 g/mol. The third kappa shape index (κ3) is 3.46. The van der Waals surface area contributed by atoms with Crippen molar-refractivity contribution in [1.29, 1.82) is 0 Å². The van der Waals surface area contributed by atoms with Crippen molar-refractivity contribution in [2.24, 2.45) is 0 Å². The van der Waals surface area contributed by atoms with E-state index in [1.54, 1.807) is 36.4 Å². The summed E-state index contributed by atoms with van der Waals surface area (Å²) in [6.45, 7) is 0. The molecule has 4 aromatic rings. The first-order valence-electron chi connectivity index (χ1n) is 9.51. The number of alkyl halides is 9. The van der Waals surface area contributed by atoms with Crippen molar-refractivity contribution in [2.45, 2.75) is 23.3 Å². The van der Waals surface area contributed by atoms with Crippen molar-refractivity contribution >= 4 is 42.4 Å². The number of halogens is 9. The van der Waals surface area contributed by atoms with Gasteiger partial charge in [-0.25, -0.2) is 0 Å². The zero-order valence-corrected chi connectivity index (χ0v) is 17.7. The van der Waals surface area contributed by atoms with Gasteiger partial charge >= 0.3 is 33.4 Å². The Labute approximate surface area is 190 Å². The summed E-state index contributed by atoms with van der Waals surface area (Å²) in [5.41, 5.74) is 0. The molecule has 35 heavy (non-hydrogen) atoms. The minimum atomic E-state index is -7.39. The third-order valence-electron chi connectivity index (χ3n) is 5.36. The van der Waals surface area contributed by atoms with Crippen LogP contribution in [-0.4, -0.2) is 31.7 Å². The van der Waals surface area contributed by atoms with Gasteiger partial charge in [0.05, 0.1) is 0 Å². The first-order chi connectivity index (χ1) is 16.0. The van der Waals surface area contributed by atoms with Crippen LogP contribution in [0.25, 0.3) is 32.3 Å². The summed E-state index contributed by atoms with van der Waals surface area (Å²) in [6, 6.07) is 16.1. The largest absolute Gasteiger partial charge is 0.460 e. The highest BCUT2D eigenvalue weighted by atomic mass is 32.2. The van der Waals surface area contributed by atoms with Crippen LogP contribution in [0.15, 0.2) is 66.7 Å². The molecule has 4 rings (SSSR count). The average Bonchev–Trinajstić information content (AvgIpc) is 2.78. The van der Waals surface area contributed by atoms with E-state index in [1.807, 2.05) is 0 Å². The fraction of sp³-hybridized carbons (Fsp3) is 0.182. The van der Waals surface area contributed by atoms with Crippen molar-refractivity contribution in [3.05, 3.63) is 66.7 Å². The topological polar surface area (TPSA) is 43.4 Å². The van der Waals surface area contributed by atoms with Gasteiger partial charge in [-0.1, -0.05) is 60.7 Å². The molecule has 0 atom stereocenters. The van der Waals surface area contributed by atoms with Crippen LogP contribution in [0.5, 0.6) is 5.75 Å². The van der Waals surface area contributed by atoms with Crippen molar-refractivity contribution in [3.8, 4) is 5.75 Å². The standard InChI is InChI=1S/C22H11F9O3S/c23-19(24,21(27,28)29)20(25,26)22(30,31)35(32,33)34-17-11-5-10-16-14-7-2-1-6-12(14)13-8-3-4-9-15(13)18(16)17/h1-11H. The smallest absolute Gasteiger partial charge is 0.377 e. The van der Waals surface area contributed by atoms with Crippen LogP contribution in [0.1, 0.15) is 0 Å². The number of fused-ring (bicyclic) bond motifs is 6. The van der Waals surface area contributed by atoms with Crippen molar-refractivity contribution < 1.29 is 52.1 Å². The van der Waals surface area contributed by atoms with E-state index in [0.717, 1.165) is 12.1 Å². The Balaban J connectivity index is 1.95. The van der Waals surface area contributed by atoms with Gasteiger partial charge in [-0.15, -0.1) is 0 Å². The van der Waals surface area contributed by atoms with E-state index >= 15 is 0 Å². The molecule has 0 N–H and O–H groups in total. The van der Waals surface area contributed by atoms with Gasteiger partial charge in [-0.05, 0) is 33.0 Å². The van der Waals surface area contributed by atoms with Crippen LogP contribution in [0.2, 0.25) is 0 Å². The van der Waals surface area contributed by atoms with Gasteiger partial charge < -0.3 is 4.18 Å². The predicted molar refractivity (Wildman–Crippen MR) is 109 cm³/mol. The Kier molecular flexibility index (Phi) is 5.43. The fourth-order valence-corrected chi connectivity index (χ4v) is 4.60. The molecule has 13 heteroatoms. The highest BCUT2D eigenvalue weighted by Gasteiger charge is 2.86. The molecule has 0 spiro atoms. The van der Waals surface area contributed by atoms with Gasteiger partial charge in [-0.2, -0.15) is 47.9 Å². The molecule has 0 unspecified atom stereocenters. The van der Waals surface area contributed by atoms with Gasteiger partial charge in [0.25, 0.3) is 0 Å². The lowest BCUT2D eigenvalue weighted by atomic mass is 9.94. The van der Waals surface area contributed by atoms with Gasteiger partial charge in [0.2, 0.25) is 0 Å². The summed E-state index contributed by atoms with van der Waals surface area (Å²) in [5, 5.41) is -5.07. The lowest BCUT2D eigenvalue weighted by Crippen LogP contribution is -2.63. The summed E-state index contributed by atoms with van der Waals surface area (Å²) >= 11 is 0. The minimum absolute atomic E-state index is 0.160. The quantitative estimate of drug-likeness (QED) is 0.156. The van der Waals surface area contributed by atoms with E-state index in [4.69, 9.17) is 0 Å². The molecule has 0 bridgehead atoms. The zero-order chi connectivity index (χ0) is 26.0. The van der Waals surface area contributed by atoms with Gasteiger partial charge in [-0.3, -0.25) is 0 Å². The summed E-state index contributed by atoms with van der Waals surface area (Å²) < 4.78 is 148. The van der Waals surface area contributed by atoms with Crippen LogP contribution >= 0.6 is 0 Å². The van der Waals surface area contributed by atoms with Gasteiger partial charge in [0, 0.05) is 5.39 Å². The molecule has 0 saturated heterocycles. The molecule has 0 saturated carbocycles. The van der Waals surface area contributed by atoms with E-state index in [-0.39, 0.29) is 16.2 Å². The Morgan fingerprint density at radius 1 is 0.543 bits per heavy atom. The number of benzene rings is 4. The van der Waals surface area contributed by atoms with Gasteiger partial charge in [0.1, 0.15) is 0 Å². The molecule has 0 radical (unpaired) electrons. The molecule has 0 amide bonds. The maximum Gasteiger partial charge on any atom is 0.460 e. The third-order valence-corrected chi connectivity index (χ3v) is 6.64. The fourth-order valence-electron chi connectivity index (χ4n) is 3.68. The first-order valence-corrected chi connectivity index (χ1v) is 10.9. The van der Waals surface area contributed by atoms with Crippen molar-refractivity contribution in [1.82, 2.24) is 0 Å². The van der Waals surface area contributed by atoms with Crippen LogP contribution in [0.3, 0.4) is 0 Å². The van der Waals surface area contributed by atoms with E-state index in [2.05, 4.69) is 4.18 Å². The molecule has 0 aliphatic carbocycles. The maximum atomic E-state index is 14.2. The Morgan fingerprint density at radius 3 is 1.40 bits per heavy atom. The SMILES string of the molecule is O=S(=O)(Oc1cccc2c3ccccc3c3ccccc3c12)C(F)(F)C(F)(F)C(F)(F)C(F)(F)F. The lowest BCUT2D eigenvalue weighted by molar-refractivity contribution is -0.382. The number of rotatable bonds is 5. The van der Waals surface area contributed by atoms with E-state index in [9.17, 15) is 47.9 Å². The zero-order valence-electron chi connectivity index (χ0n) is 16.9. The molecule has 3 nitrogen and oxygen atoms in total. The van der Waals surface area contributed by atoms with Crippen LogP contribution < -0.4 is 4.18 Å². The van der Waals surface area contributed by atoms with Crippen LogP contribution in [0, 0.1) is 0 Å². The Morgan fingerprint density at radius 2 is 0.943 bits per heavy atom. The predicted octanol–water partition coefficient (Wildman–Crippen LogP) is 7.28. The molecule has 0 aliphatic heterocycles. The molecule has 0 fully saturated rings. The summed E-state index contributed by atoms with van der Waals surface area (Å²) in [6.07, 6.45) is -7.18. The van der Waals surface area contributed by atoms with Crippen LogP contribution in [-0.2, 0) is 10.1 Å². The molecule has 0 aromatic heterocycles. The summed E-state index contributed by atoms with van der Waals surface area (Å²) in [5.74, 6) is -15.7. The molecule has 0 aliphatic rings. The Bertz CT molecular complexity index is 1520. The van der Waals surface area contributed by atoms with Gasteiger partial charge in [0.15, 0.2) is 5.75 Å². The normalized spacial score (nSPS) is 14.1. The average molecular weight is 526 g/mol. The summed E-state index contributed by atoms with van der Waals surface area (Å²) in [4.78, 5) is 0. The number of hydrogen-bond donors (Lipinski definition) is 0. The van der Waals surface area contributed by atoms with E-state index in [1.165, 1.54) is 18.2 Å². The lowest BCUT2D eigenvalue weighted by Gasteiger charge is -2.32. The summed E-state index contributed by atoms with van der Waals surface area (Å²) in [7, 11) is -7.09.